The number of likely N-dealkylation sites (tertiary alicyclic amines) is 2. The molecular weight excluding hydrogens is 320 g/mol. The largest absolute Gasteiger partial charge is 0.300 e. The highest BCUT2D eigenvalue weighted by molar-refractivity contribution is 5.81. The molecule has 0 bridgehead atoms. The highest BCUT2D eigenvalue weighted by atomic mass is 16.1. The molecule has 0 atom stereocenters. The molecule has 2 aliphatic carbocycles. The van der Waals surface area contributed by atoms with E-state index < -0.39 is 0 Å². The molecule has 4 rings (SSSR count). The highest BCUT2D eigenvalue weighted by Gasteiger charge is 2.55. The molecular formula is C23H40N2O. The number of hydrogen-bond donors (Lipinski definition) is 0. The van der Waals surface area contributed by atoms with Crippen LogP contribution in [0.5, 0.6) is 0 Å². The first-order chi connectivity index (χ1) is 12.5. The van der Waals surface area contributed by atoms with Crippen LogP contribution in [0.2, 0.25) is 0 Å². The highest BCUT2D eigenvalue weighted by Crippen LogP contribution is 2.60. The molecule has 0 aromatic heterocycles. The molecule has 4 aliphatic rings. The number of piperidine rings is 2. The topological polar surface area (TPSA) is 23.6 Å². The van der Waals surface area contributed by atoms with E-state index in [0.717, 1.165) is 30.3 Å². The van der Waals surface area contributed by atoms with E-state index in [1.807, 2.05) is 6.92 Å². The second-order valence-corrected chi connectivity index (χ2v) is 10.4. The maximum atomic E-state index is 11.8. The molecule has 4 fully saturated rings. The molecule has 2 saturated heterocycles. The van der Waals surface area contributed by atoms with Gasteiger partial charge in [-0.05, 0) is 94.8 Å². The van der Waals surface area contributed by atoms with Crippen LogP contribution < -0.4 is 0 Å². The molecule has 1 spiro atoms. The average molecular weight is 361 g/mol. The summed E-state index contributed by atoms with van der Waals surface area (Å²) in [5.74, 6) is 2.76. The van der Waals surface area contributed by atoms with Gasteiger partial charge in [-0.25, -0.2) is 0 Å². The van der Waals surface area contributed by atoms with Gasteiger partial charge in [-0.15, -0.1) is 0 Å². The smallest absolute Gasteiger partial charge is 0.135 e. The van der Waals surface area contributed by atoms with E-state index in [9.17, 15) is 4.79 Å². The van der Waals surface area contributed by atoms with Gasteiger partial charge < -0.3 is 9.80 Å². The second-order valence-electron chi connectivity index (χ2n) is 10.4. The van der Waals surface area contributed by atoms with E-state index in [4.69, 9.17) is 0 Å². The molecule has 0 unspecified atom stereocenters. The number of nitrogens with zero attached hydrogens (tertiary/aromatic N) is 2. The fourth-order valence-corrected chi connectivity index (χ4v) is 6.60. The van der Waals surface area contributed by atoms with Crippen molar-refractivity contribution >= 4 is 5.78 Å². The van der Waals surface area contributed by atoms with E-state index in [0.29, 0.717) is 17.1 Å². The first-order valence-corrected chi connectivity index (χ1v) is 11.5. The zero-order valence-corrected chi connectivity index (χ0v) is 17.4. The van der Waals surface area contributed by atoms with Crippen molar-refractivity contribution in [2.75, 3.05) is 26.2 Å². The third-order valence-electron chi connectivity index (χ3n) is 8.55. The molecule has 0 N–H and O–H groups in total. The first-order valence-electron chi connectivity index (χ1n) is 11.5. The molecule has 0 aromatic carbocycles. The van der Waals surface area contributed by atoms with Gasteiger partial charge in [0.15, 0.2) is 0 Å². The van der Waals surface area contributed by atoms with Gasteiger partial charge in [0.25, 0.3) is 0 Å². The lowest BCUT2D eigenvalue weighted by molar-refractivity contribution is -0.141. The number of Topliss-reactive ketones (excluding diaryl/α,β-unsaturated/α-hetero) is 1. The Hall–Kier alpha value is -0.410. The summed E-state index contributed by atoms with van der Waals surface area (Å²) in [5, 5.41) is 0. The van der Waals surface area contributed by atoms with Crippen LogP contribution in [0.1, 0.15) is 78.6 Å². The van der Waals surface area contributed by atoms with Crippen LogP contribution in [0.4, 0.5) is 0 Å². The Kier molecular flexibility index (Phi) is 5.49. The Morgan fingerprint density at radius 3 is 1.96 bits per heavy atom. The minimum Gasteiger partial charge on any atom is -0.300 e. The van der Waals surface area contributed by atoms with Crippen LogP contribution in [0, 0.1) is 23.2 Å². The van der Waals surface area contributed by atoms with Crippen LogP contribution in [-0.4, -0.2) is 53.8 Å². The van der Waals surface area contributed by atoms with Crippen molar-refractivity contribution in [3.63, 3.8) is 0 Å². The van der Waals surface area contributed by atoms with E-state index in [2.05, 4.69) is 23.6 Å². The van der Waals surface area contributed by atoms with E-state index in [-0.39, 0.29) is 0 Å². The van der Waals surface area contributed by atoms with Crippen molar-refractivity contribution in [3.8, 4) is 0 Å². The van der Waals surface area contributed by atoms with Crippen LogP contribution in [0.25, 0.3) is 0 Å². The van der Waals surface area contributed by atoms with Crippen molar-refractivity contribution in [2.24, 2.45) is 23.2 Å². The summed E-state index contributed by atoms with van der Waals surface area (Å²) >= 11 is 0. The Balaban J connectivity index is 1.16. The molecule has 0 radical (unpaired) electrons. The fraction of sp³-hybridized carbons (Fsp3) is 0.957. The van der Waals surface area contributed by atoms with Gasteiger partial charge in [0.2, 0.25) is 0 Å². The number of carbonyl (C=O) groups excluding carboxylic acids is 1. The summed E-state index contributed by atoms with van der Waals surface area (Å²) in [5.41, 5.74) is 0.579. The Bertz CT molecular complexity index is 486. The van der Waals surface area contributed by atoms with Gasteiger partial charge in [0.05, 0.1) is 0 Å². The van der Waals surface area contributed by atoms with Gasteiger partial charge in [-0.3, -0.25) is 4.79 Å². The molecule has 0 aromatic rings. The summed E-state index contributed by atoms with van der Waals surface area (Å²) in [7, 11) is 0. The standard InChI is InChI=1S/C23H40N2O/c1-4-22(26)19-13-23(14-19)15-21(16-23)25-11-7-20(8-12-25)24-9-5-18(6-10-24)17(2)3/h17-21H,4-16H2,1-3H3. The molecule has 2 saturated carbocycles. The van der Waals surface area contributed by atoms with Crippen molar-refractivity contribution in [2.45, 2.75) is 90.6 Å². The number of carbonyl (C=O) groups is 1. The van der Waals surface area contributed by atoms with Crippen LogP contribution >= 0.6 is 0 Å². The van der Waals surface area contributed by atoms with Crippen molar-refractivity contribution in [1.29, 1.82) is 0 Å². The average Bonchev–Trinajstić information content (AvgIpc) is 2.59. The zero-order valence-electron chi connectivity index (χ0n) is 17.4. The van der Waals surface area contributed by atoms with Crippen LogP contribution in [0.15, 0.2) is 0 Å². The lowest BCUT2D eigenvalue weighted by atomic mass is 9.49. The van der Waals surface area contributed by atoms with Crippen molar-refractivity contribution in [3.05, 3.63) is 0 Å². The maximum Gasteiger partial charge on any atom is 0.135 e. The summed E-state index contributed by atoms with van der Waals surface area (Å²) in [6.07, 6.45) is 11.5. The van der Waals surface area contributed by atoms with Crippen molar-refractivity contribution < 1.29 is 4.79 Å². The predicted molar refractivity (Wildman–Crippen MR) is 107 cm³/mol. The summed E-state index contributed by atoms with van der Waals surface area (Å²) in [6.45, 7) is 12.1. The fourth-order valence-electron chi connectivity index (χ4n) is 6.60. The third kappa shape index (κ3) is 3.63. The molecule has 3 heteroatoms. The SMILES string of the molecule is CCC(=O)C1CC2(C1)CC(N1CCC(N3CCC(C(C)C)CC3)CC1)C2. The van der Waals surface area contributed by atoms with E-state index >= 15 is 0 Å². The third-order valence-corrected chi connectivity index (χ3v) is 8.55. The minimum atomic E-state index is 0.417. The molecule has 0 amide bonds. The zero-order chi connectivity index (χ0) is 18.3. The monoisotopic (exact) mass is 360 g/mol. The van der Waals surface area contributed by atoms with Gasteiger partial charge >= 0.3 is 0 Å². The summed E-state index contributed by atoms with van der Waals surface area (Å²) in [6, 6.07) is 1.68. The summed E-state index contributed by atoms with van der Waals surface area (Å²) < 4.78 is 0. The first kappa shape index (κ1) is 18.9. The van der Waals surface area contributed by atoms with E-state index in [1.165, 1.54) is 77.5 Å². The normalized spacial score (nSPS) is 37.7. The number of hydrogen-bond acceptors (Lipinski definition) is 3. The van der Waals surface area contributed by atoms with E-state index in [1.54, 1.807) is 0 Å². The summed E-state index contributed by atoms with van der Waals surface area (Å²) in [4.78, 5) is 17.4. The molecule has 2 heterocycles. The maximum absolute atomic E-state index is 11.8. The minimum absolute atomic E-state index is 0.417. The van der Waals surface area contributed by atoms with Crippen molar-refractivity contribution in [1.82, 2.24) is 9.80 Å². The number of ketones is 1. The van der Waals surface area contributed by atoms with Gasteiger partial charge in [0, 0.05) is 24.4 Å². The predicted octanol–water partition coefficient (Wildman–Crippen LogP) is 4.36. The quantitative estimate of drug-likeness (QED) is 0.728. The van der Waals surface area contributed by atoms with Gasteiger partial charge in [-0.2, -0.15) is 0 Å². The van der Waals surface area contributed by atoms with Crippen LogP contribution in [0.3, 0.4) is 0 Å². The molecule has 3 nitrogen and oxygen atoms in total. The van der Waals surface area contributed by atoms with Crippen LogP contribution in [-0.2, 0) is 4.79 Å². The lowest BCUT2D eigenvalue weighted by Gasteiger charge is -2.60. The molecule has 2 aliphatic heterocycles. The second kappa shape index (κ2) is 7.54. The number of rotatable bonds is 5. The Labute approximate surface area is 160 Å². The molecule has 26 heavy (non-hydrogen) atoms. The molecule has 148 valence electrons. The Morgan fingerprint density at radius 1 is 0.885 bits per heavy atom. The van der Waals surface area contributed by atoms with Gasteiger partial charge in [-0.1, -0.05) is 20.8 Å². The Morgan fingerprint density at radius 2 is 1.42 bits per heavy atom. The lowest BCUT2D eigenvalue weighted by Crippen LogP contribution is -2.59. The van der Waals surface area contributed by atoms with Gasteiger partial charge in [0.1, 0.15) is 5.78 Å².